The molecule has 59 valence electrons. The minimum atomic E-state index is 0.846. The molecule has 0 unspecified atom stereocenters. The van der Waals surface area contributed by atoms with Crippen LogP contribution >= 0.6 is 0 Å². The minimum Gasteiger partial charge on any atom is -0.0730 e. The van der Waals surface area contributed by atoms with Crippen LogP contribution in [0.3, 0.4) is 0 Å². The van der Waals surface area contributed by atoms with E-state index in [9.17, 15) is 0 Å². The van der Waals surface area contributed by atoms with Gasteiger partial charge in [0.2, 0.25) is 0 Å². The standard InChI is InChI=1S/C10H19/c1-9(2)7-5-6-8-10(3)4/h9H,5-7H2,1-4H3. The summed E-state index contributed by atoms with van der Waals surface area (Å²) < 4.78 is 0. The van der Waals surface area contributed by atoms with Gasteiger partial charge in [-0.25, -0.2) is 0 Å². The van der Waals surface area contributed by atoms with Crippen molar-refractivity contribution in [1.29, 1.82) is 0 Å². The van der Waals surface area contributed by atoms with Crippen molar-refractivity contribution < 1.29 is 0 Å². The Kier molecular flexibility index (Phi) is 5.38. The molecule has 0 fully saturated rings. The molecule has 0 aromatic rings. The highest BCUT2D eigenvalue weighted by molar-refractivity contribution is 4.85. The van der Waals surface area contributed by atoms with E-state index in [2.05, 4.69) is 33.8 Å². The Morgan fingerprint density at radius 3 is 2.30 bits per heavy atom. The molecule has 10 heavy (non-hydrogen) atoms. The Labute approximate surface area is 65.3 Å². The molecule has 0 heterocycles. The maximum atomic E-state index is 3.32. The van der Waals surface area contributed by atoms with Crippen LogP contribution in [0.2, 0.25) is 0 Å². The fraction of sp³-hybridized carbons (Fsp3) is 0.800. The van der Waals surface area contributed by atoms with Crippen molar-refractivity contribution in [2.45, 2.75) is 47.0 Å². The largest absolute Gasteiger partial charge is 0.0730 e. The van der Waals surface area contributed by atoms with E-state index in [4.69, 9.17) is 0 Å². The topological polar surface area (TPSA) is 0 Å². The van der Waals surface area contributed by atoms with Crippen LogP contribution in [0.5, 0.6) is 0 Å². The third-order valence-electron chi connectivity index (χ3n) is 1.44. The summed E-state index contributed by atoms with van der Waals surface area (Å²) in [6, 6.07) is 0. The predicted molar refractivity (Wildman–Crippen MR) is 46.8 cm³/mol. The van der Waals surface area contributed by atoms with Crippen molar-refractivity contribution in [3.8, 4) is 0 Å². The third-order valence-corrected chi connectivity index (χ3v) is 1.44. The summed E-state index contributed by atoms with van der Waals surface area (Å²) in [6.45, 7) is 8.75. The monoisotopic (exact) mass is 139 g/mol. The van der Waals surface area contributed by atoms with Gasteiger partial charge in [0, 0.05) is 0 Å². The molecule has 0 bridgehead atoms. The van der Waals surface area contributed by atoms with E-state index in [0.29, 0.717) is 0 Å². The average molecular weight is 139 g/mol. The van der Waals surface area contributed by atoms with E-state index < -0.39 is 0 Å². The number of unbranched alkanes of at least 4 members (excludes halogenated alkanes) is 1. The summed E-state index contributed by atoms with van der Waals surface area (Å²) >= 11 is 0. The van der Waals surface area contributed by atoms with Crippen molar-refractivity contribution in [1.82, 2.24) is 0 Å². The Morgan fingerprint density at radius 1 is 1.30 bits per heavy atom. The van der Waals surface area contributed by atoms with E-state index in [0.717, 1.165) is 12.3 Å². The summed E-state index contributed by atoms with van der Waals surface area (Å²) in [5.41, 5.74) is 1.32. The van der Waals surface area contributed by atoms with E-state index >= 15 is 0 Å². The molecule has 1 radical (unpaired) electrons. The van der Waals surface area contributed by atoms with E-state index in [1.165, 1.54) is 18.4 Å². The van der Waals surface area contributed by atoms with Gasteiger partial charge in [0.1, 0.15) is 0 Å². The van der Waals surface area contributed by atoms with E-state index in [-0.39, 0.29) is 0 Å². The first-order valence-electron chi connectivity index (χ1n) is 4.17. The number of hydrogen-bond donors (Lipinski definition) is 0. The van der Waals surface area contributed by atoms with Crippen LogP contribution in [0.1, 0.15) is 47.0 Å². The molecule has 0 saturated carbocycles. The van der Waals surface area contributed by atoms with Gasteiger partial charge < -0.3 is 0 Å². The molecule has 0 aromatic carbocycles. The molecule has 0 heteroatoms. The average Bonchev–Trinajstić information content (AvgIpc) is 1.79. The molecule has 0 atom stereocenters. The molecule has 0 spiro atoms. The summed E-state index contributed by atoms with van der Waals surface area (Å²) in [4.78, 5) is 0. The lowest BCUT2D eigenvalue weighted by Gasteiger charge is -2.00. The lowest BCUT2D eigenvalue weighted by Crippen LogP contribution is -1.85. The smallest absolute Gasteiger partial charge is 0.0277 e. The fourth-order valence-corrected chi connectivity index (χ4v) is 0.849. The molecule has 0 aliphatic heterocycles. The quantitative estimate of drug-likeness (QED) is 0.522. The first-order valence-corrected chi connectivity index (χ1v) is 4.17. The normalized spacial score (nSPS) is 10.1. The van der Waals surface area contributed by atoms with E-state index in [1.807, 2.05) is 0 Å². The van der Waals surface area contributed by atoms with Gasteiger partial charge in [-0.2, -0.15) is 0 Å². The van der Waals surface area contributed by atoms with Crippen LogP contribution in [0.25, 0.3) is 0 Å². The van der Waals surface area contributed by atoms with Crippen LogP contribution < -0.4 is 0 Å². The summed E-state index contributed by atoms with van der Waals surface area (Å²) in [6.07, 6.45) is 7.08. The van der Waals surface area contributed by atoms with Gasteiger partial charge in [0.05, 0.1) is 0 Å². The maximum Gasteiger partial charge on any atom is -0.0277 e. The number of allylic oxidation sites excluding steroid dienone is 2. The maximum absolute atomic E-state index is 3.32. The van der Waals surface area contributed by atoms with Gasteiger partial charge in [-0.15, -0.1) is 0 Å². The van der Waals surface area contributed by atoms with Gasteiger partial charge in [0.15, 0.2) is 0 Å². The van der Waals surface area contributed by atoms with Crippen molar-refractivity contribution in [3.05, 3.63) is 11.6 Å². The van der Waals surface area contributed by atoms with Crippen LogP contribution in [0, 0.1) is 12.0 Å². The zero-order valence-corrected chi connectivity index (χ0v) is 7.70. The van der Waals surface area contributed by atoms with Gasteiger partial charge in [-0.3, -0.25) is 0 Å². The SMILES string of the molecule is CC(C)=[C]CCCC(C)C. The highest BCUT2D eigenvalue weighted by atomic mass is 14.0. The zero-order valence-electron chi connectivity index (χ0n) is 7.70. The Morgan fingerprint density at radius 2 is 1.90 bits per heavy atom. The number of rotatable bonds is 4. The Bertz CT molecular complexity index is 94.6. The molecular weight excluding hydrogens is 120 g/mol. The van der Waals surface area contributed by atoms with Gasteiger partial charge in [-0.05, 0) is 38.7 Å². The molecule has 0 rings (SSSR count). The van der Waals surface area contributed by atoms with Crippen molar-refractivity contribution in [2.24, 2.45) is 5.92 Å². The number of hydrogen-bond acceptors (Lipinski definition) is 0. The van der Waals surface area contributed by atoms with Crippen LogP contribution in [-0.4, -0.2) is 0 Å². The lowest BCUT2D eigenvalue weighted by molar-refractivity contribution is 0.557. The Balaban J connectivity index is 3.13. The highest BCUT2D eigenvalue weighted by Gasteiger charge is 1.91. The van der Waals surface area contributed by atoms with Gasteiger partial charge >= 0.3 is 0 Å². The highest BCUT2D eigenvalue weighted by Crippen LogP contribution is 2.06. The van der Waals surface area contributed by atoms with Crippen LogP contribution in [0.15, 0.2) is 5.57 Å². The molecule has 0 aliphatic carbocycles. The van der Waals surface area contributed by atoms with E-state index in [1.54, 1.807) is 0 Å². The molecule has 0 saturated heterocycles. The van der Waals surface area contributed by atoms with Crippen LogP contribution in [0.4, 0.5) is 0 Å². The lowest BCUT2D eigenvalue weighted by atomic mass is 10.1. The van der Waals surface area contributed by atoms with Crippen molar-refractivity contribution in [3.63, 3.8) is 0 Å². The first-order chi connectivity index (χ1) is 4.63. The predicted octanol–water partition coefficient (Wildman–Crippen LogP) is 3.58. The van der Waals surface area contributed by atoms with Crippen LogP contribution in [-0.2, 0) is 0 Å². The molecular formula is C10H19. The summed E-state index contributed by atoms with van der Waals surface area (Å²) in [5.74, 6) is 0.846. The fourth-order valence-electron chi connectivity index (χ4n) is 0.849. The summed E-state index contributed by atoms with van der Waals surface area (Å²) in [5, 5.41) is 0. The summed E-state index contributed by atoms with van der Waals surface area (Å²) in [7, 11) is 0. The first kappa shape index (κ1) is 9.74. The molecule has 0 aromatic heterocycles. The second-order valence-corrected chi connectivity index (χ2v) is 3.46. The van der Waals surface area contributed by atoms with Gasteiger partial charge in [0.25, 0.3) is 0 Å². The minimum absolute atomic E-state index is 0.846. The Hall–Kier alpha value is -0.260. The zero-order chi connectivity index (χ0) is 7.98. The third kappa shape index (κ3) is 7.74. The molecule has 0 aliphatic rings. The van der Waals surface area contributed by atoms with Gasteiger partial charge in [-0.1, -0.05) is 25.8 Å². The second-order valence-electron chi connectivity index (χ2n) is 3.46. The molecule has 0 N–H and O–H groups in total. The van der Waals surface area contributed by atoms with Crippen molar-refractivity contribution in [2.75, 3.05) is 0 Å². The molecule has 0 amide bonds. The molecule has 0 nitrogen and oxygen atoms in total. The second kappa shape index (κ2) is 5.52. The van der Waals surface area contributed by atoms with Crippen molar-refractivity contribution >= 4 is 0 Å².